The summed E-state index contributed by atoms with van der Waals surface area (Å²) in [5, 5.41) is 6.48. The van der Waals surface area contributed by atoms with E-state index < -0.39 is 5.76 Å². The summed E-state index contributed by atoms with van der Waals surface area (Å²) in [6.45, 7) is 6.27. The number of H-pyrrole nitrogens is 1. The number of oxazole rings is 1. The molecule has 0 bridgehead atoms. The molecule has 0 saturated heterocycles. The number of benzene rings is 2. The molecule has 0 aliphatic carbocycles. The Bertz CT molecular complexity index is 1220. The van der Waals surface area contributed by atoms with Crippen LogP contribution in [0.2, 0.25) is 0 Å². The minimum atomic E-state index is -0.481. The van der Waals surface area contributed by atoms with Crippen LogP contribution in [0.5, 0.6) is 0 Å². The molecule has 4 aromatic rings. The highest BCUT2D eigenvalue weighted by Crippen LogP contribution is 2.27. The van der Waals surface area contributed by atoms with Crippen molar-refractivity contribution in [2.45, 2.75) is 20.8 Å². The first-order valence-electron chi connectivity index (χ1n) is 8.66. The Kier molecular flexibility index (Phi) is 4.64. The van der Waals surface area contributed by atoms with Gasteiger partial charge in [0.25, 0.3) is 0 Å². The Labute approximate surface area is 169 Å². The van der Waals surface area contributed by atoms with Gasteiger partial charge < -0.3 is 15.1 Å². The predicted octanol–water partition coefficient (Wildman–Crippen LogP) is 5.09. The van der Waals surface area contributed by atoms with Gasteiger partial charge in [0.1, 0.15) is 5.82 Å². The van der Waals surface area contributed by atoms with Crippen molar-refractivity contribution in [1.29, 1.82) is 0 Å². The number of aryl methyl sites for hydroxylation is 2. The van der Waals surface area contributed by atoms with Crippen molar-refractivity contribution >= 4 is 50.2 Å². The van der Waals surface area contributed by atoms with E-state index in [1.165, 1.54) is 16.7 Å². The maximum absolute atomic E-state index is 11.3. The Hall–Kier alpha value is -3.13. The van der Waals surface area contributed by atoms with E-state index in [1.807, 2.05) is 6.07 Å². The molecule has 0 amide bonds. The maximum Gasteiger partial charge on any atom is 0.417 e. The molecule has 142 valence electrons. The van der Waals surface area contributed by atoms with E-state index >= 15 is 0 Å². The Morgan fingerprint density at radius 3 is 2.54 bits per heavy atom. The van der Waals surface area contributed by atoms with Crippen LogP contribution in [0.3, 0.4) is 0 Å². The number of aromatic amines is 1. The average molecular weight is 440 g/mol. The van der Waals surface area contributed by atoms with Crippen LogP contribution in [-0.2, 0) is 0 Å². The molecule has 0 radical (unpaired) electrons. The highest BCUT2D eigenvalue weighted by atomic mass is 79.9. The molecule has 0 aliphatic rings. The van der Waals surface area contributed by atoms with E-state index in [1.54, 1.807) is 18.3 Å². The fourth-order valence-corrected chi connectivity index (χ4v) is 3.21. The first-order chi connectivity index (χ1) is 13.4. The van der Waals surface area contributed by atoms with Gasteiger partial charge in [0.05, 0.1) is 9.99 Å². The number of hydrogen-bond acceptors (Lipinski definition) is 6. The van der Waals surface area contributed by atoms with Gasteiger partial charge in [-0.25, -0.2) is 9.78 Å². The molecule has 0 fully saturated rings. The Morgan fingerprint density at radius 1 is 1.04 bits per heavy atom. The lowest BCUT2D eigenvalue weighted by Crippen LogP contribution is -2.02. The lowest BCUT2D eigenvalue weighted by atomic mass is 10.0. The molecule has 2 heterocycles. The van der Waals surface area contributed by atoms with Gasteiger partial charge >= 0.3 is 5.76 Å². The van der Waals surface area contributed by atoms with Gasteiger partial charge in [-0.15, -0.1) is 0 Å². The van der Waals surface area contributed by atoms with Crippen molar-refractivity contribution < 1.29 is 4.42 Å². The molecule has 0 saturated carbocycles. The number of rotatable bonds is 4. The largest absolute Gasteiger partial charge is 0.417 e. The molecular weight excluding hydrogens is 422 g/mol. The number of nitrogens with zero attached hydrogens (tertiary/aromatic N) is 2. The number of aromatic nitrogens is 3. The monoisotopic (exact) mass is 439 g/mol. The number of nitrogens with one attached hydrogen (secondary N) is 3. The number of halogens is 1. The molecule has 0 atom stereocenters. The van der Waals surface area contributed by atoms with Crippen molar-refractivity contribution in [3.8, 4) is 0 Å². The van der Waals surface area contributed by atoms with Gasteiger partial charge in [-0.2, -0.15) is 4.98 Å². The van der Waals surface area contributed by atoms with Gasteiger partial charge in [-0.1, -0.05) is 0 Å². The molecular formula is C20H18BrN5O2. The zero-order valence-electron chi connectivity index (χ0n) is 15.6. The first-order valence-corrected chi connectivity index (χ1v) is 9.45. The van der Waals surface area contributed by atoms with Crippen LogP contribution in [0.15, 0.2) is 50.2 Å². The van der Waals surface area contributed by atoms with Gasteiger partial charge in [-0.05, 0) is 83.7 Å². The lowest BCUT2D eigenvalue weighted by Gasteiger charge is -2.12. The van der Waals surface area contributed by atoms with Crippen LogP contribution >= 0.6 is 15.9 Å². The molecule has 2 aromatic carbocycles. The fourth-order valence-electron chi connectivity index (χ4n) is 2.92. The van der Waals surface area contributed by atoms with E-state index in [9.17, 15) is 4.79 Å². The molecule has 0 aliphatic heterocycles. The van der Waals surface area contributed by atoms with Crippen molar-refractivity contribution in [1.82, 2.24) is 15.0 Å². The van der Waals surface area contributed by atoms with E-state index in [4.69, 9.17) is 4.42 Å². The smallest absolute Gasteiger partial charge is 0.408 e. The SMILES string of the molecule is Cc1cc(Nc2ncc(Br)c(Nc3ccc4oc(=O)[nH]c4c3)n2)cc(C)c1C. The van der Waals surface area contributed by atoms with Gasteiger partial charge in [-0.3, -0.25) is 4.98 Å². The lowest BCUT2D eigenvalue weighted by molar-refractivity contribution is 0.555. The Balaban J connectivity index is 1.62. The summed E-state index contributed by atoms with van der Waals surface area (Å²) in [6.07, 6.45) is 1.68. The maximum atomic E-state index is 11.3. The quantitative estimate of drug-likeness (QED) is 0.409. The second kappa shape index (κ2) is 7.12. The van der Waals surface area contributed by atoms with Crippen LogP contribution in [0.4, 0.5) is 23.1 Å². The summed E-state index contributed by atoms with van der Waals surface area (Å²) in [5.74, 6) is 0.597. The molecule has 4 rings (SSSR count). The number of hydrogen-bond donors (Lipinski definition) is 3. The molecule has 3 N–H and O–H groups in total. The van der Waals surface area contributed by atoms with Gasteiger partial charge in [0.15, 0.2) is 5.58 Å². The van der Waals surface area contributed by atoms with Crippen LogP contribution < -0.4 is 16.4 Å². The minimum Gasteiger partial charge on any atom is -0.408 e. The molecule has 7 nitrogen and oxygen atoms in total. The normalized spacial score (nSPS) is 11.0. The number of fused-ring (bicyclic) bond motifs is 1. The summed E-state index contributed by atoms with van der Waals surface area (Å²) < 4.78 is 5.74. The van der Waals surface area contributed by atoms with Crippen molar-refractivity contribution in [3.63, 3.8) is 0 Å². The van der Waals surface area contributed by atoms with E-state index in [2.05, 4.69) is 74.4 Å². The van der Waals surface area contributed by atoms with Crippen molar-refractivity contribution in [2.75, 3.05) is 10.6 Å². The highest BCUT2D eigenvalue weighted by molar-refractivity contribution is 9.10. The van der Waals surface area contributed by atoms with Crippen molar-refractivity contribution in [2.24, 2.45) is 0 Å². The van der Waals surface area contributed by atoms with Gasteiger partial charge in [0.2, 0.25) is 5.95 Å². The zero-order chi connectivity index (χ0) is 19.8. The summed E-state index contributed by atoms with van der Waals surface area (Å²) in [4.78, 5) is 22.9. The van der Waals surface area contributed by atoms with Gasteiger partial charge in [0, 0.05) is 17.6 Å². The van der Waals surface area contributed by atoms with Crippen LogP contribution in [-0.4, -0.2) is 15.0 Å². The second-order valence-electron chi connectivity index (χ2n) is 6.60. The summed E-state index contributed by atoms with van der Waals surface area (Å²) >= 11 is 3.47. The third-order valence-electron chi connectivity index (χ3n) is 4.61. The molecule has 0 unspecified atom stereocenters. The fraction of sp³-hybridized carbons (Fsp3) is 0.150. The number of anilines is 4. The van der Waals surface area contributed by atoms with Crippen LogP contribution in [0, 0.1) is 20.8 Å². The average Bonchev–Trinajstić information content (AvgIpc) is 3.02. The van der Waals surface area contributed by atoms with E-state index in [0.29, 0.717) is 22.9 Å². The summed E-state index contributed by atoms with van der Waals surface area (Å²) in [6, 6.07) is 9.47. The summed E-state index contributed by atoms with van der Waals surface area (Å²) in [7, 11) is 0. The van der Waals surface area contributed by atoms with E-state index in [0.717, 1.165) is 15.8 Å². The van der Waals surface area contributed by atoms with E-state index in [-0.39, 0.29) is 0 Å². The zero-order valence-corrected chi connectivity index (χ0v) is 17.1. The molecule has 0 spiro atoms. The molecule has 28 heavy (non-hydrogen) atoms. The highest BCUT2D eigenvalue weighted by Gasteiger charge is 2.09. The standard InChI is InChI=1S/C20H18BrN5O2/c1-10-6-14(7-11(2)12(10)3)24-19-22-9-15(21)18(26-19)23-13-4-5-17-16(8-13)25-20(27)28-17/h4-9H,1-3H3,(H,25,27)(H2,22,23,24,26). The second-order valence-corrected chi connectivity index (χ2v) is 7.45. The van der Waals surface area contributed by atoms with Crippen LogP contribution in [0.25, 0.3) is 11.1 Å². The van der Waals surface area contributed by atoms with Crippen LogP contribution in [0.1, 0.15) is 16.7 Å². The topological polar surface area (TPSA) is 95.8 Å². The molecule has 8 heteroatoms. The Morgan fingerprint density at radius 2 is 1.79 bits per heavy atom. The third-order valence-corrected chi connectivity index (χ3v) is 5.19. The summed E-state index contributed by atoms with van der Waals surface area (Å²) in [5.41, 5.74) is 6.51. The predicted molar refractivity (Wildman–Crippen MR) is 114 cm³/mol. The third kappa shape index (κ3) is 3.63. The first kappa shape index (κ1) is 18.2. The molecule has 2 aromatic heterocycles. The van der Waals surface area contributed by atoms with Crippen molar-refractivity contribution in [3.05, 3.63) is 68.2 Å². The minimum absolute atomic E-state index is 0.478.